The van der Waals surface area contributed by atoms with Crippen LogP contribution in [-0.2, 0) is 17.6 Å². The molecule has 2 aliphatic rings. The van der Waals surface area contributed by atoms with Gasteiger partial charge in [-0.15, -0.1) is 0 Å². The summed E-state index contributed by atoms with van der Waals surface area (Å²) in [7, 11) is 0. The molecule has 0 spiro atoms. The van der Waals surface area contributed by atoms with Crippen LogP contribution in [0.25, 0.3) is 0 Å². The molecule has 1 amide bonds. The molecule has 1 heterocycles. The van der Waals surface area contributed by atoms with E-state index in [1.165, 1.54) is 48.9 Å². The monoisotopic (exact) mass is 420 g/mol. The number of hydrogen-bond donors (Lipinski definition) is 1. The minimum absolute atomic E-state index is 0.0483. The summed E-state index contributed by atoms with van der Waals surface area (Å²) in [5.41, 5.74) is 5.21. The third kappa shape index (κ3) is 5.41. The Kier molecular flexibility index (Phi) is 7.16. The van der Waals surface area contributed by atoms with Crippen molar-refractivity contribution >= 4 is 11.6 Å². The zero-order chi connectivity index (χ0) is 21.6. The third-order valence-electron chi connectivity index (χ3n) is 6.73. The average molecular weight is 421 g/mol. The summed E-state index contributed by atoms with van der Waals surface area (Å²) >= 11 is 0. The van der Waals surface area contributed by atoms with Crippen molar-refractivity contribution in [3.8, 4) is 5.75 Å². The molecule has 4 rings (SSSR count). The molecule has 0 aromatic heterocycles. The number of anilines is 1. The molecule has 1 fully saturated rings. The number of fused-ring (bicyclic) bond motifs is 1. The van der Waals surface area contributed by atoms with Crippen LogP contribution in [0.2, 0.25) is 0 Å². The summed E-state index contributed by atoms with van der Waals surface area (Å²) < 4.78 is 6.11. The number of aryl methyl sites for hydroxylation is 2. The van der Waals surface area contributed by atoms with E-state index in [0.29, 0.717) is 6.42 Å². The Labute approximate surface area is 187 Å². The second-order valence-electron chi connectivity index (χ2n) is 9.02. The third-order valence-corrected chi connectivity index (χ3v) is 6.73. The highest BCUT2D eigenvalue weighted by Gasteiger charge is 2.22. The Morgan fingerprint density at radius 1 is 0.968 bits per heavy atom. The molecule has 1 saturated heterocycles. The molecule has 1 N–H and O–H groups in total. The van der Waals surface area contributed by atoms with Crippen molar-refractivity contribution < 1.29 is 9.53 Å². The number of nitrogens with one attached hydrogen (secondary N) is 1. The zero-order valence-corrected chi connectivity index (χ0v) is 19.0. The molecule has 166 valence electrons. The van der Waals surface area contributed by atoms with Gasteiger partial charge in [-0.3, -0.25) is 4.79 Å². The predicted molar refractivity (Wildman–Crippen MR) is 127 cm³/mol. The quantitative estimate of drug-likeness (QED) is 0.635. The normalized spacial score (nSPS) is 18.1. The van der Waals surface area contributed by atoms with E-state index in [9.17, 15) is 4.79 Å². The molecule has 31 heavy (non-hydrogen) atoms. The molecule has 0 radical (unpaired) electrons. The van der Waals surface area contributed by atoms with E-state index in [1.807, 2.05) is 19.9 Å². The lowest BCUT2D eigenvalue weighted by Gasteiger charge is -2.29. The maximum absolute atomic E-state index is 12.9. The Morgan fingerprint density at radius 2 is 1.68 bits per heavy atom. The summed E-state index contributed by atoms with van der Waals surface area (Å²) in [6.07, 6.45) is 8.82. The Hall–Kier alpha value is -2.49. The number of hydrogen-bond acceptors (Lipinski definition) is 3. The fraction of sp³-hybridized carbons (Fsp3) is 0.519. The van der Waals surface area contributed by atoms with Gasteiger partial charge in [-0.2, -0.15) is 0 Å². The van der Waals surface area contributed by atoms with E-state index >= 15 is 0 Å². The lowest BCUT2D eigenvalue weighted by molar-refractivity contribution is -0.128. The van der Waals surface area contributed by atoms with Crippen LogP contribution in [0, 0.1) is 0 Å². The van der Waals surface area contributed by atoms with Crippen molar-refractivity contribution in [2.24, 2.45) is 0 Å². The summed E-state index contributed by atoms with van der Waals surface area (Å²) in [4.78, 5) is 15.4. The van der Waals surface area contributed by atoms with Gasteiger partial charge in [0.05, 0.1) is 6.04 Å². The maximum atomic E-state index is 12.9. The number of benzene rings is 2. The molecule has 2 atom stereocenters. The minimum Gasteiger partial charge on any atom is -0.481 e. The molecule has 4 nitrogen and oxygen atoms in total. The standard InChI is InChI=1S/C27H36N2O2/c1-3-26(31-25-16-13-22-9-5-6-10-23(22)19-25)27(30)28-20(2)21-11-14-24(15-12-21)29-17-7-4-8-18-29/h11-16,19-20,26H,3-10,17-18H2,1-2H3,(H,28,30)/t20-,26-/m0/s1. The molecule has 4 heteroatoms. The van der Waals surface area contributed by atoms with E-state index in [2.05, 4.69) is 46.6 Å². The highest BCUT2D eigenvalue weighted by Crippen LogP contribution is 2.27. The number of carbonyl (C=O) groups is 1. The number of nitrogens with zero attached hydrogens (tertiary/aromatic N) is 1. The van der Waals surface area contributed by atoms with Gasteiger partial charge < -0.3 is 15.0 Å². The van der Waals surface area contributed by atoms with Gasteiger partial charge in [0.2, 0.25) is 0 Å². The van der Waals surface area contributed by atoms with Crippen LogP contribution < -0.4 is 15.0 Å². The first-order valence-electron chi connectivity index (χ1n) is 12.1. The first-order chi connectivity index (χ1) is 15.1. The van der Waals surface area contributed by atoms with Crippen LogP contribution in [0.15, 0.2) is 42.5 Å². The Morgan fingerprint density at radius 3 is 2.39 bits per heavy atom. The number of piperidine rings is 1. The largest absolute Gasteiger partial charge is 0.481 e. The van der Waals surface area contributed by atoms with Crippen LogP contribution in [0.3, 0.4) is 0 Å². The predicted octanol–water partition coefficient (Wildman–Crippen LogP) is 5.59. The van der Waals surface area contributed by atoms with Crippen molar-refractivity contribution in [3.63, 3.8) is 0 Å². The Bertz CT molecular complexity index is 871. The van der Waals surface area contributed by atoms with Crippen LogP contribution in [0.4, 0.5) is 5.69 Å². The van der Waals surface area contributed by atoms with Gasteiger partial charge >= 0.3 is 0 Å². The fourth-order valence-electron chi connectivity index (χ4n) is 4.79. The smallest absolute Gasteiger partial charge is 0.261 e. The average Bonchev–Trinajstić information content (AvgIpc) is 2.83. The van der Waals surface area contributed by atoms with Gasteiger partial charge in [-0.25, -0.2) is 0 Å². The highest BCUT2D eigenvalue weighted by molar-refractivity contribution is 5.81. The Balaban J connectivity index is 1.35. The van der Waals surface area contributed by atoms with Crippen LogP contribution in [-0.4, -0.2) is 25.1 Å². The second kappa shape index (κ2) is 10.2. The van der Waals surface area contributed by atoms with E-state index < -0.39 is 6.10 Å². The molecule has 2 aromatic carbocycles. The molecule has 2 aromatic rings. The van der Waals surface area contributed by atoms with Gasteiger partial charge in [0, 0.05) is 18.8 Å². The van der Waals surface area contributed by atoms with Gasteiger partial charge in [-0.05, 0) is 99.2 Å². The summed E-state index contributed by atoms with van der Waals surface area (Å²) in [5, 5.41) is 3.15. The zero-order valence-electron chi connectivity index (χ0n) is 19.0. The van der Waals surface area contributed by atoms with Crippen molar-refractivity contribution in [1.29, 1.82) is 0 Å². The molecular weight excluding hydrogens is 384 g/mol. The van der Waals surface area contributed by atoms with E-state index in [1.54, 1.807) is 0 Å². The first-order valence-corrected chi connectivity index (χ1v) is 12.1. The van der Waals surface area contributed by atoms with E-state index in [-0.39, 0.29) is 11.9 Å². The van der Waals surface area contributed by atoms with Crippen LogP contribution >= 0.6 is 0 Å². The topological polar surface area (TPSA) is 41.6 Å². The van der Waals surface area contributed by atoms with Gasteiger partial charge in [0.1, 0.15) is 5.75 Å². The molecule has 0 unspecified atom stereocenters. The van der Waals surface area contributed by atoms with Crippen LogP contribution in [0.5, 0.6) is 5.75 Å². The van der Waals surface area contributed by atoms with Gasteiger partial charge in [0.25, 0.3) is 5.91 Å². The van der Waals surface area contributed by atoms with Gasteiger partial charge in [0.15, 0.2) is 6.10 Å². The summed E-state index contributed by atoms with van der Waals surface area (Å²) in [5.74, 6) is 0.758. The summed E-state index contributed by atoms with van der Waals surface area (Å²) in [6, 6.07) is 14.9. The highest BCUT2D eigenvalue weighted by atomic mass is 16.5. The second-order valence-corrected chi connectivity index (χ2v) is 9.02. The number of carbonyl (C=O) groups excluding carboxylic acids is 1. The molecular formula is C27H36N2O2. The number of amides is 1. The molecule has 0 bridgehead atoms. The van der Waals surface area contributed by atoms with Crippen LogP contribution in [0.1, 0.15) is 75.1 Å². The first kappa shape index (κ1) is 21.7. The molecule has 1 aliphatic carbocycles. The van der Waals surface area contributed by atoms with E-state index in [0.717, 1.165) is 37.2 Å². The van der Waals surface area contributed by atoms with E-state index in [4.69, 9.17) is 4.74 Å². The lowest BCUT2D eigenvalue weighted by atomic mass is 9.92. The van der Waals surface area contributed by atoms with Gasteiger partial charge in [-0.1, -0.05) is 25.1 Å². The minimum atomic E-state index is -0.475. The lowest BCUT2D eigenvalue weighted by Crippen LogP contribution is -2.39. The van der Waals surface area contributed by atoms with Crippen molar-refractivity contribution in [2.75, 3.05) is 18.0 Å². The van der Waals surface area contributed by atoms with Crippen molar-refractivity contribution in [2.45, 2.75) is 77.4 Å². The number of rotatable bonds is 7. The van der Waals surface area contributed by atoms with Crippen molar-refractivity contribution in [3.05, 3.63) is 59.2 Å². The van der Waals surface area contributed by atoms with Crippen molar-refractivity contribution in [1.82, 2.24) is 5.32 Å². The fourth-order valence-corrected chi connectivity index (χ4v) is 4.79. The number of ether oxygens (including phenoxy) is 1. The molecule has 0 saturated carbocycles. The summed E-state index contributed by atoms with van der Waals surface area (Å²) in [6.45, 7) is 6.33. The molecule has 1 aliphatic heterocycles. The maximum Gasteiger partial charge on any atom is 0.261 e. The SMILES string of the molecule is CC[C@H](Oc1ccc2c(c1)CCCC2)C(=O)N[C@@H](C)c1ccc(N2CCCCC2)cc1.